The number of nitrogens with two attached hydrogens (primary N) is 1. The van der Waals surface area contributed by atoms with E-state index in [2.05, 4.69) is 21.1 Å². The number of rotatable bonds is 3. The molecule has 0 heterocycles. The van der Waals surface area contributed by atoms with E-state index < -0.39 is 11.5 Å². The maximum Gasteiger partial charge on any atom is 0.487 e. The lowest BCUT2D eigenvalue weighted by atomic mass is 10.2. The minimum Gasteiger partial charge on any atom is -0.465 e. The van der Waals surface area contributed by atoms with E-state index >= 15 is 0 Å². The molecule has 0 aromatic heterocycles. The molecule has 0 atom stereocenters. The number of carbonyl (C=O) groups excluding carboxylic acids is 1. The van der Waals surface area contributed by atoms with Crippen LogP contribution in [0.15, 0.2) is 18.2 Å². The fourth-order valence-corrected chi connectivity index (χ4v) is 1.11. The highest BCUT2D eigenvalue weighted by molar-refractivity contribution is 6.20. The third-order valence-corrected chi connectivity index (χ3v) is 1.74. The van der Waals surface area contributed by atoms with Crippen LogP contribution in [0, 0.1) is 0 Å². The van der Waals surface area contributed by atoms with E-state index in [1.54, 1.807) is 0 Å². The summed E-state index contributed by atoms with van der Waals surface area (Å²) in [6.45, 7) is 0. The summed E-state index contributed by atoms with van der Waals surface area (Å²) in [4.78, 5) is 11.2. The van der Waals surface area contributed by atoms with Gasteiger partial charge in [0, 0.05) is 17.3 Å². The van der Waals surface area contributed by atoms with Gasteiger partial charge in [-0.15, -0.1) is 8.78 Å². The minimum atomic E-state index is -3.84. The number of carbonyl (C=O) groups is 1. The highest BCUT2D eigenvalue weighted by Crippen LogP contribution is 2.27. The number of benzene rings is 1. The quantitative estimate of drug-likeness (QED) is 0.508. The molecule has 16 heavy (non-hydrogen) atoms. The second-order valence-corrected chi connectivity index (χ2v) is 3.23. The molecule has 2 N–H and O–H groups in total. The minimum absolute atomic E-state index is 0.0686. The van der Waals surface area contributed by atoms with E-state index in [0.29, 0.717) is 0 Å². The Kier molecular flexibility index (Phi) is 3.54. The summed E-state index contributed by atoms with van der Waals surface area (Å²) in [5.41, 5.74) is 1.63. The molecule has 88 valence electrons. The highest BCUT2D eigenvalue weighted by atomic mass is 35.5. The number of alkyl halides is 3. The lowest BCUT2D eigenvalue weighted by Gasteiger charge is -2.12. The monoisotopic (exact) mass is 251 g/mol. The molecular formula is C9H8ClF2NO3. The van der Waals surface area contributed by atoms with Gasteiger partial charge in [-0.25, -0.2) is 4.79 Å². The molecule has 0 spiro atoms. The van der Waals surface area contributed by atoms with Crippen LogP contribution < -0.4 is 10.5 Å². The average Bonchev–Trinajstić information content (AvgIpc) is 2.18. The molecule has 0 bridgehead atoms. The first-order valence-electron chi connectivity index (χ1n) is 4.07. The van der Waals surface area contributed by atoms with Crippen LogP contribution in [-0.2, 0) is 4.74 Å². The Morgan fingerprint density at radius 2 is 2.12 bits per heavy atom. The fraction of sp³-hybridized carbons (Fsp3) is 0.222. The van der Waals surface area contributed by atoms with Crippen molar-refractivity contribution >= 4 is 23.3 Å². The molecule has 0 fully saturated rings. The van der Waals surface area contributed by atoms with E-state index in [9.17, 15) is 13.6 Å². The van der Waals surface area contributed by atoms with Gasteiger partial charge in [-0.05, 0) is 18.2 Å². The van der Waals surface area contributed by atoms with Crippen LogP contribution in [0.25, 0.3) is 0 Å². The van der Waals surface area contributed by atoms with E-state index in [4.69, 9.17) is 5.73 Å². The smallest absolute Gasteiger partial charge is 0.465 e. The van der Waals surface area contributed by atoms with Crippen molar-refractivity contribution < 1.29 is 23.0 Å². The largest absolute Gasteiger partial charge is 0.487 e. The van der Waals surface area contributed by atoms with E-state index in [1.807, 2.05) is 0 Å². The number of nitrogen functional groups attached to an aromatic ring is 1. The molecule has 1 aromatic rings. The molecule has 0 saturated heterocycles. The number of anilines is 1. The summed E-state index contributed by atoms with van der Waals surface area (Å²) in [6.07, 6.45) is 0. The Bertz CT molecular complexity index is 406. The fourth-order valence-electron chi connectivity index (χ4n) is 1.02. The first-order chi connectivity index (χ1) is 7.33. The standard InChI is InChI=1S/C9H8ClF2NO3/c1-15-8(14)6-4-5(2-3-7(6)13)16-9(10,11)12/h2-4H,13H2,1H3. The lowest BCUT2D eigenvalue weighted by Crippen LogP contribution is -2.16. The normalized spacial score (nSPS) is 11.0. The Morgan fingerprint density at radius 1 is 1.50 bits per heavy atom. The van der Waals surface area contributed by atoms with Crippen LogP contribution in [0.3, 0.4) is 0 Å². The molecule has 0 aliphatic carbocycles. The molecular weight excluding hydrogens is 244 g/mol. The zero-order chi connectivity index (χ0) is 12.3. The summed E-state index contributed by atoms with van der Waals surface area (Å²) in [7, 11) is 1.14. The van der Waals surface area contributed by atoms with Crippen molar-refractivity contribution in [2.45, 2.75) is 5.57 Å². The Labute approximate surface area is 94.9 Å². The van der Waals surface area contributed by atoms with Crippen molar-refractivity contribution in [3.63, 3.8) is 0 Å². The number of esters is 1. The predicted octanol–water partition coefficient (Wildman–Crippen LogP) is 2.22. The number of ether oxygens (including phenoxy) is 2. The van der Waals surface area contributed by atoms with Crippen molar-refractivity contribution in [1.82, 2.24) is 0 Å². The maximum atomic E-state index is 12.3. The molecule has 7 heteroatoms. The van der Waals surface area contributed by atoms with Gasteiger partial charge in [-0.2, -0.15) is 0 Å². The van der Waals surface area contributed by atoms with Crippen LogP contribution in [0.2, 0.25) is 0 Å². The summed E-state index contributed by atoms with van der Waals surface area (Å²) in [5.74, 6) is -1.03. The topological polar surface area (TPSA) is 61.5 Å². The number of halogens is 3. The van der Waals surface area contributed by atoms with Gasteiger partial charge in [0.05, 0.1) is 12.7 Å². The summed E-state index contributed by atoms with van der Waals surface area (Å²) >= 11 is 4.57. The maximum absolute atomic E-state index is 12.3. The SMILES string of the molecule is COC(=O)c1cc(OC(F)(F)Cl)ccc1N. The summed E-state index contributed by atoms with van der Waals surface area (Å²) in [6, 6.07) is 3.43. The van der Waals surface area contributed by atoms with Crippen molar-refractivity contribution in [1.29, 1.82) is 0 Å². The van der Waals surface area contributed by atoms with Crippen LogP contribution in [-0.4, -0.2) is 18.6 Å². The number of hydrogen-bond donors (Lipinski definition) is 1. The third kappa shape index (κ3) is 3.23. The van der Waals surface area contributed by atoms with Gasteiger partial charge in [-0.3, -0.25) is 0 Å². The average molecular weight is 252 g/mol. The summed E-state index contributed by atoms with van der Waals surface area (Å²) in [5, 5.41) is 0. The number of hydrogen-bond acceptors (Lipinski definition) is 4. The van der Waals surface area contributed by atoms with Crippen molar-refractivity contribution in [3.05, 3.63) is 23.8 Å². The van der Waals surface area contributed by atoms with Gasteiger partial charge in [0.15, 0.2) is 0 Å². The molecule has 1 aromatic carbocycles. The predicted molar refractivity (Wildman–Crippen MR) is 53.6 cm³/mol. The van der Waals surface area contributed by atoms with Crippen LogP contribution >= 0.6 is 11.6 Å². The Hall–Kier alpha value is -1.56. The van der Waals surface area contributed by atoms with Crippen LogP contribution in [0.4, 0.5) is 14.5 Å². The van der Waals surface area contributed by atoms with Crippen molar-refractivity contribution in [2.24, 2.45) is 0 Å². The van der Waals surface area contributed by atoms with Crippen molar-refractivity contribution in [3.8, 4) is 5.75 Å². The first-order valence-corrected chi connectivity index (χ1v) is 4.45. The molecule has 0 amide bonds. The van der Waals surface area contributed by atoms with E-state index in [1.165, 1.54) is 6.07 Å². The lowest BCUT2D eigenvalue weighted by molar-refractivity contribution is -0.0965. The van der Waals surface area contributed by atoms with Gasteiger partial charge in [0.25, 0.3) is 0 Å². The third-order valence-electron chi connectivity index (χ3n) is 1.66. The van der Waals surface area contributed by atoms with Gasteiger partial charge < -0.3 is 15.2 Å². The molecule has 1 rings (SSSR count). The molecule has 0 aliphatic heterocycles. The van der Waals surface area contributed by atoms with E-state index in [-0.39, 0.29) is 17.0 Å². The molecule has 4 nitrogen and oxygen atoms in total. The Morgan fingerprint density at radius 3 is 2.62 bits per heavy atom. The van der Waals surface area contributed by atoms with E-state index in [0.717, 1.165) is 19.2 Å². The molecule has 0 radical (unpaired) electrons. The zero-order valence-corrected chi connectivity index (χ0v) is 8.92. The van der Waals surface area contributed by atoms with Gasteiger partial charge in [0.2, 0.25) is 0 Å². The Balaban J connectivity index is 3.03. The molecule has 0 saturated carbocycles. The van der Waals surface area contributed by atoms with Crippen LogP contribution in [0.5, 0.6) is 5.75 Å². The molecule has 0 aliphatic rings. The van der Waals surface area contributed by atoms with Crippen LogP contribution in [0.1, 0.15) is 10.4 Å². The van der Waals surface area contributed by atoms with Gasteiger partial charge >= 0.3 is 11.5 Å². The molecule has 0 unspecified atom stereocenters. The number of methoxy groups -OCH3 is 1. The zero-order valence-electron chi connectivity index (χ0n) is 8.17. The second kappa shape index (κ2) is 4.52. The first kappa shape index (κ1) is 12.5. The van der Waals surface area contributed by atoms with Gasteiger partial charge in [0.1, 0.15) is 5.75 Å². The summed E-state index contributed by atoms with van der Waals surface area (Å²) < 4.78 is 33.1. The highest BCUT2D eigenvalue weighted by Gasteiger charge is 2.28. The van der Waals surface area contributed by atoms with Gasteiger partial charge in [-0.1, -0.05) is 0 Å². The van der Waals surface area contributed by atoms with Crippen molar-refractivity contribution in [2.75, 3.05) is 12.8 Å². The second-order valence-electron chi connectivity index (χ2n) is 2.79.